The molecule has 0 aliphatic rings. The number of aromatic nitrogens is 2. The minimum Gasteiger partial charge on any atom is -0.316 e. The van der Waals surface area contributed by atoms with Gasteiger partial charge in [-0.3, -0.25) is 4.68 Å². The normalized spacial score (nSPS) is 15.2. The lowest BCUT2D eigenvalue weighted by Crippen LogP contribution is -2.27. The van der Waals surface area contributed by atoms with Gasteiger partial charge in [-0.15, -0.1) is 0 Å². The van der Waals surface area contributed by atoms with Crippen LogP contribution < -0.4 is 5.32 Å². The second kappa shape index (κ2) is 5.91. The molecule has 1 rings (SSSR count). The largest absolute Gasteiger partial charge is 0.316 e. The van der Waals surface area contributed by atoms with Crippen molar-refractivity contribution in [2.45, 2.75) is 40.2 Å². The molecule has 3 nitrogen and oxygen atoms in total. The van der Waals surface area contributed by atoms with Crippen LogP contribution in [-0.2, 0) is 0 Å². The third-order valence-corrected chi connectivity index (χ3v) is 2.86. The molecular weight excluding hydrogens is 186 g/mol. The summed E-state index contributed by atoms with van der Waals surface area (Å²) >= 11 is 0. The third kappa shape index (κ3) is 3.67. The van der Waals surface area contributed by atoms with Crippen LogP contribution >= 0.6 is 0 Å². The molecule has 1 aromatic rings. The molecule has 0 spiro atoms. The molecule has 0 amide bonds. The van der Waals surface area contributed by atoms with Gasteiger partial charge < -0.3 is 5.32 Å². The minimum absolute atomic E-state index is 0.461. The highest BCUT2D eigenvalue weighted by Crippen LogP contribution is 2.16. The summed E-state index contributed by atoms with van der Waals surface area (Å²) in [6.07, 6.45) is 5.23. The van der Waals surface area contributed by atoms with Crippen molar-refractivity contribution in [1.82, 2.24) is 15.1 Å². The van der Waals surface area contributed by atoms with E-state index in [1.165, 1.54) is 12.0 Å². The first-order valence-electron chi connectivity index (χ1n) is 5.86. The molecule has 0 saturated heterocycles. The fourth-order valence-corrected chi connectivity index (χ4v) is 1.59. The Morgan fingerprint density at radius 1 is 1.47 bits per heavy atom. The van der Waals surface area contributed by atoms with Gasteiger partial charge in [0.2, 0.25) is 0 Å². The summed E-state index contributed by atoms with van der Waals surface area (Å²) in [4.78, 5) is 0. The predicted molar refractivity (Wildman–Crippen MR) is 64.0 cm³/mol. The molecule has 0 fully saturated rings. The Labute approximate surface area is 92.9 Å². The number of nitrogens with one attached hydrogen (secondary N) is 1. The summed E-state index contributed by atoms with van der Waals surface area (Å²) in [7, 11) is 0. The second-order valence-electron chi connectivity index (χ2n) is 4.42. The van der Waals surface area contributed by atoms with Crippen LogP contribution in [0.5, 0.6) is 0 Å². The van der Waals surface area contributed by atoms with E-state index in [1.54, 1.807) is 0 Å². The highest BCUT2D eigenvalue weighted by Gasteiger charge is 2.13. The number of nitrogens with zero attached hydrogens (tertiary/aromatic N) is 2. The van der Waals surface area contributed by atoms with Gasteiger partial charge in [-0.1, -0.05) is 13.8 Å². The van der Waals surface area contributed by atoms with Gasteiger partial charge in [0.25, 0.3) is 0 Å². The Hall–Kier alpha value is -0.830. The van der Waals surface area contributed by atoms with E-state index in [2.05, 4.69) is 49.0 Å². The van der Waals surface area contributed by atoms with Crippen LogP contribution in [0.2, 0.25) is 0 Å². The maximum atomic E-state index is 4.35. The lowest BCUT2D eigenvalue weighted by molar-refractivity contribution is 0.337. The Bertz CT molecular complexity index is 280. The second-order valence-corrected chi connectivity index (χ2v) is 4.42. The standard InChI is InChI=1S/C12H23N3/c1-5-6-13-8-11(3)12(4)15-9-10(2)7-14-15/h7,9,11-13H,5-6,8H2,1-4H3. The zero-order valence-electron chi connectivity index (χ0n) is 10.3. The first-order valence-corrected chi connectivity index (χ1v) is 5.86. The van der Waals surface area contributed by atoms with E-state index in [-0.39, 0.29) is 0 Å². The Morgan fingerprint density at radius 2 is 2.20 bits per heavy atom. The molecule has 15 heavy (non-hydrogen) atoms. The van der Waals surface area contributed by atoms with Crippen LogP contribution in [0.15, 0.2) is 12.4 Å². The monoisotopic (exact) mass is 209 g/mol. The van der Waals surface area contributed by atoms with Crippen molar-refractivity contribution in [3.63, 3.8) is 0 Å². The van der Waals surface area contributed by atoms with E-state index in [0.29, 0.717) is 12.0 Å². The molecule has 1 N–H and O–H groups in total. The first-order chi connectivity index (χ1) is 7.15. The first kappa shape index (κ1) is 12.2. The summed E-state index contributed by atoms with van der Waals surface area (Å²) in [6.45, 7) is 10.9. The third-order valence-electron chi connectivity index (χ3n) is 2.86. The van der Waals surface area contributed by atoms with Crippen molar-refractivity contribution < 1.29 is 0 Å². The van der Waals surface area contributed by atoms with E-state index >= 15 is 0 Å². The quantitative estimate of drug-likeness (QED) is 0.729. The van der Waals surface area contributed by atoms with E-state index in [4.69, 9.17) is 0 Å². The van der Waals surface area contributed by atoms with Crippen LogP contribution in [0.3, 0.4) is 0 Å². The molecular formula is C12H23N3. The van der Waals surface area contributed by atoms with Gasteiger partial charge in [-0.25, -0.2) is 0 Å². The molecule has 0 aliphatic heterocycles. The molecule has 0 saturated carbocycles. The fraction of sp³-hybridized carbons (Fsp3) is 0.750. The van der Waals surface area contributed by atoms with Crippen molar-refractivity contribution in [2.75, 3.05) is 13.1 Å². The number of rotatable bonds is 6. The topological polar surface area (TPSA) is 29.9 Å². The molecule has 0 aromatic carbocycles. The van der Waals surface area contributed by atoms with Gasteiger partial charge in [0.15, 0.2) is 0 Å². The molecule has 2 atom stereocenters. The number of hydrogen-bond acceptors (Lipinski definition) is 2. The average Bonchev–Trinajstić information content (AvgIpc) is 2.64. The summed E-state index contributed by atoms with van der Waals surface area (Å²) in [5, 5.41) is 7.81. The maximum absolute atomic E-state index is 4.35. The average molecular weight is 209 g/mol. The van der Waals surface area contributed by atoms with E-state index in [9.17, 15) is 0 Å². The molecule has 2 unspecified atom stereocenters. The van der Waals surface area contributed by atoms with Crippen LogP contribution in [0, 0.1) is 12.8 Å². The summed E-state index contributed by atoms with van der Waals surface area (Å²) in [6, 6.07) is 0.461. The zero-order valence-corrected chi connectivity index (χ0v) is 10.3. The Balaban J connectivity index is 2.42. The molecule has 0 bridgehead atoms. The van der Waals surface area contributed by atoms with Crippen LogP contribution in [-0.4, -0.2) is 22.9 Å². The Morgan fingerprint density at radius 3 is 2.73 bits per heavy atom. The van der Waals surface area contributed by atoms with Gasteiger partial charge in [-0.2, -0.15) is 5.10 Å². The van der Waals surface area contributed by atoms with Crippen molar-refractivity contribution in [3.05, 3.63) is 18.0 Å². The van der Waals surface area contributed by atoms with Gasteiger partial charge >= 0.3 is 0 Å². The van der Waals surface area contributed by atoms with Gasteiger partial charge in [0.05, 0.1) is 12.2 Å². The van der Waals surface area contributed by atoms with E-state index < -0.39 is 0 Å². The van der Waals surface area contributed by atoms with Gasteiger partial charge in [0.1, 0.15) is 0 Å². The maximum Gasteiger partial charge on any atom is 0.0528 e. The van der Waals surface area contributed by atoms with Gasteiger partial charge in [0, 0.05) is 6.20 Å². The highest BCUT2D eigenvalue weighted by atomic mass is 15.3. The smallest absolute Gasteiger partial charge is 0.0528 e. The predicted octanol–water partition coefficient (Wildman–Crippen LogP) is 2.39. The van der Waals surface area contributed by atoms with E-state index in [1.807, 2.05) is 6.20 Å². The van der Waals surface area contributed by atoms with Crippen molar-refractivity contribution >= 4 is 0 Å². The van der Waals surface area contributed by atoms with Crippen molar-refractivity contribution in [1.29, 1.82) is 0 Å². The van der Waals surface area contributed by atoms with Crippen LogP contribution in [0.1, 0.15) is 38.8 Å². The summed E-state index contributed by atoms with van der Waals surface area (Å²) in [5.74, 6) is 0.607. The molecule has 1 aromatic heterocycles. The minimum atomic E-state index is 0.461. The summed E-state index contributed by atoms with van der Waals surface area (Å²) in [5.41, 5.74) is 1.23. The molecule has 1 heterocycles. The van der Waals surface area contributed by atoms with E-state index in [0.717, 1.165) is 13.1 Å². The fourth-order valence-electron chi connectivity index (χ4n) is 1.59. The Kier molecular flexibility index (Phi) is 4.82. The lowest BCUT2D eigenvalue weighted by atomic mass is 10.0. The number of hydrogen-bond donors (Lipinski definition) is 1. The van der Waals surface area contributed by atoms with Gasteiger partial charge in [-0.05, 0) is 44.8 Å². The zero-order chi connectivity index (χ0) is 11.3. The molecule has 3 heteroatoms. The van der Waals surface area contributed by atoms with Crippen molar-refractivity contribution in [2.24, 2.45) is 5.92 Å². The molecule has 86 valence electrons. The highest BCUT2D eigenvalue weighted by molar-refractivity contribution is 5.00. The number of aryl methyl sites for hydroxylation is 1. The van der Waals surface area contributed by atoms with Crippen LogP contribution in [0.25, 0.3) is 0 Å². The lowest BCUT2D eigenvalue weighted by Gasteiger charge is -2.20. The molecule has 0 radical (unpaired) electrons. The summed E-state index contributed by atoms with van der Waals surface area (Å²) < 4.78 is 2.06. The van der Waals surface area contributed by atoms with Crippen LogP contribution in [0.4, 0.5) is 0 Å². The SMILES string of the molecule is CCCNCC(C)C(C)n1cc(C)cn1. The molecule has 0 aliphatic carbocycles. The van der Waals surface area contributed by atoms with Crippen molar-refractivity contribution in [3.8, 4) is 0 Å².